The molecule has 176 valence electrons. The summed E-state index contributed by atoms with van der Waals surface area (Å²) in [7, 11) is -3.47. The molecule has 0 amide bonds. The number of aryl methyl sites for hydroxylation is 2. The van der Waals surface area contributed by atoms with Crippen LogP contribution in [-0.4, -0.2) is 48.1 Å². The number of aromatic nitrogens is 2. The molecule has 0 bridgehead atoms. The monoisotopic (exact) mass is 485 g/mol. The van der Waals surface area contributed by atoms with Crippen molar-refractivity contribution in [2.45, 2.75) is 68.0 Å². The maximum absolute atomic E-state index is 13.1. The average molecular weight is 486 g/mol. The molecule has 2 fully saturated rings. The van der Waals surface area contributed by atoms with E-state index in [2.05, 4.69) is 36.6 Å². The molecule has 2 aliphatic heterocycles. The number of benzene rings is 2. The van der Waals surface area contributed by atoms with E-state index in [9.17, 15) is 8.42 Å². The number of sulfonamides is 1. The van der Waals surface area contributed by atoms with E-state index in [1.807, 2.05) is 6.07 Å². The zero-order chi connectivity index (χ0) is 23.0. The van der Waals surface area contributed by atoms with Crippen molar-refractivity contribution in [2.75, 3.05) is 19.7 Å². The SMILES string of the molecule is Cc1ccc(CSc2nc3cc(S(=O)(=O)N4CCCC4)ccc3n2C[C@@H]2CCCO2)cc1C. The molecule has 1 atom stereocenters. The summed E-state index contributed by atoms with van der Waals surface area (Å²) >= 11 is 1.70. The molecule has 1 aromatic heterocycles. The summed E-state index contributed by atoms with van der Waals surface area (Å²) in [5, 5.41) is 0.912. The molecule has 3 heterocycles. The van der Waals surface area contributed by atoms with Gasteiger partial charge in [0.25, 0.3) is 0 Å². The van der Waals surface area contributed by atoms with Crippen LogP contribution in [0.2, 0.25) is 0 Å². The largest absolute Gasteiger partial charge is 0.376 e. The highest BCUT2D eigenvalue weighted by molar-refractivity contribution is 7.98. The molecule has 2 aliphatic rings. The summed E-state index contributed by atoms with van der Waals surface area (Å²) in [5.41, 5.74) is 5.54. The molecule has 2 aromatic carbocycles. The van der Waals surface area contributed by atoms with E-state index in [1.54, 1.807) is 28.2 Å². The first-order valence-electron chi connectivity index (χ1n) is 11.7. The number of thioether (sulfide) groups is 1. The molecule has 2 saturated heterocycles. The van der Waals surface area contributed by atoms with Gasteiger partial charge in [0.1, 0.15) is 0 Å². The first kappa shape index (κ1) is 22.9. The van der Waals surface area contributed by atoms with Crippen LogP contribution in [0.1, 0.15) is 42.4 Å². The van der Waals surface area contributed by atoms with Gasteiger partial charge in [0.15, 0.2) is 5.16 Å². The maximum Gasteiger partial charge on any atom is 0.243 e. The Morgan fingerprint density at radius 2 is 1.88 bits per heavy atom. The van der Waals surface area contributed by atoms with Crippen molar-refractivity contribution in [1.82, 2.24) is 13.9 Å². The highest BCUT2D eigenvalue weighted by Gasteiger charge is 2.28. The molecule has 0 aliphatic carbocycles. The molecule has 6 nitrogen and oxygen atoms in total. The molecule has 8 heteroatoms. The van der Waals surface area contributed by atoms with Crippen molar-refractivity contribution < 1.29 is 13.2 Å². The second-order valence-corrected chi connectivity index (χ2v) is 12.0. The Morgan fingerprint density at radius 3 is 2.61 bits per heavy atom. The minimum Gasteiger partial charge on any atom is -0.376 e. The average Bonchev–Trinajstić information content (AvgIpc) is 3.57. The Labute approximate surface area is 200 Å². The summed E-state index contributed by atoms with van der Waals surface area (Å²) in [6.07, 6.45) is 4.16. The first-order chi connectivity index (χ1) is 15.9. The molecule has 0 unspecified atom stereocenters. The van der Waals surface area contributed by atoms with Crippen molar-refractivity contribution in [3.8, 4) is 0 Å². The standard InChI is InChI=1S/C25H31N3O3S2/c1-18-7-8-20(14-19(18)2)17-32-25-26-23-15-22(33(29,30)27-11-3-4-12-27)9-10-24(23)28(25)16-21-6-5-13-31-21/h7-10,14-15,21H,3-6,11-13,16-17H2,1-2H3/t21-/m0/s1. The highest BCUT2D eigenvalue weighted by Crippen LogP contribution is 2.31. The van der Waals surface area contributed by atoms with Crippen LogP contribution < -0.4 is 0 Å². The lowest BCUT2D eigenvalue weighted by atomic mass is 10.1. The van der Waals surface area contributed by atoms with Gasteiger partial charge in [0.05, 0.1) is 28.6 Å². The number of fused-ring (bicyclic) bond motifs is 1. The smallest absolute Gasteiger partial charge is 0.243 e. The Bertz CT molecular complexity index is 1260. The van der Waals surface area contributed by atoms with E-state index in [0.29, 0.717) is 18.0 Å². The fourth-order valence-electron chi connectivity index (χ4n) is 4.65. The van der Waals surface area contributed by atoms with Crippen LogP contribution in [0.15, 0.2) is 46.5 Å². The van der Waals surface area contributed by atoms with E-state index in [1.165, 1.54) is 16.7 Å². The van der Waals surface area contributed by atoms with Crippen LogP contribution in [0, 0.1) is 13.8 Å². The van der Waals surface area contributed by atoms with Crippen molar-refractivity contribution >= 4 is 32.8 Å². The van der Waals surface area contributed by atoms with Gasteiger partial charge in [-0.3, -0.25) is 0 Å². The second kappa shape index (κ2) is 9.41. The maximum atomic E-state index is 13.1. The molecule has 33 heavy (non-hydrogen) atoms. The van der Waals surface area contributed by atoms with E-state index in [-0.39, 0.29) is 6.10 Å². The number of nitrogens with zero attached hydrogens (tertiary/aromatic N) is 3. The number of hydrogen-bond donors (Lipinski definition) is 0. The lowest BCUT2D eigenvalue weighted by Crippen LogP contribution is -2.27. The van der Waals surface area contributed by atoms with Gasteiger partial charge in [-0.25, -0.2) is 13.4 Å². The van der Waals surface area contributed by atoms with Crippen LogP contribution in [-0.2, 0) is 27.1 Å². The summed E-state index contributed by atoms with van der Waals surface area (Å²) in [6.45, 7) is 7.01. The van der Waals surface area contributed by atoms with Gasteiger partial charge in [0, 0.05) is 25.4 Å². The minimum atomic E-state index is -3.47. The molecule has 0 spiro atoms. The molecule has 0 radical (unpaired) electrons. The van der Waals surface area contributed by atoms with Gasteiger partial charge in [-0.05, 0) is 74.4 Å². The zero-order valence-electron chi connectivity index (χ0n) is 19.3. The Balaban J connectivity index is 1.48. The van der Waals surface area contributed by atoms with Crippen LogP contribution in [0.25, 0.3) is 11.0 Å². The molecular formula is C25H31N3O3S2. The molecule has 0 saturated carbocycles. The number of rotatable bonds is 7. The van der Waals surface area contributed by atoms with Gasteiger partial charge >= 0.3 is 0 Å². The molecule has 0 N–H and O–H groups in total. The summed E-state index contributed by atoms with van der Waals surface area (Å²) < 4.78 is 35.9. The number of hydrogen-bond acceptors (Lipinski definition) is 5. The van der Waals surface area contributed by atoms with Crippen LogP contribution in [0.3, 0.4) is 0 Å². The fraction of sp³-hybridized carbons (Fsp3) is 0.480. The van der Waals surface area contributed by atoms with Gasteiger partial charge < -0.3 is 9.30 Å². The van der Waals surface area contributed by atoms with Gasteiger partial charge in [-0.15, -0.1) is 0 Å². The van der Waals surface area contributed by atoms with E-state index in [0.717, 1.165) is 60.8 Å². The van der Waals surface area contributed by atoms with Crippen LogP contribution in [0.5, 0.6) is 0 Å². The number of ether oxygens (including phenoxy) is 1. The molecule has 3 aromatic rings. The van der Waals surface area contributed by atoms with Crippen LogP contribution in [0.4, 0.5) is 0 Å². The topological polar surface area (TPSA) is 64.4 Å². The summed E-state index contributed by atoms with van der Waals surface area (Å²) in [5.74, 6) is 0.814. The Hall–Kier alpha value is -1.87. The summed E-state index contributed by atoms with van der Waals surface area (Å²) in [4.78, 5) is 5.24. The lowest BCUT2D eigenvalue weighted by Gasteiger charge is -2.16. The quantitative estimate of drug-likeness (QED) is 0.445. The molecular weight excluding hydrogens is 454 g/mol. The molecule has 5 rings (SSSR count). The lowest BCUT2D eigenvalue weighted by molar-refractivity contribution is 0.0960. The van der Waals surface area contributed by atoms with Crippen molar-refractivity contribution in [2.24, 2.45) is 0 Å². The van der Waals surface area contributed by atoms with Gasteiger partial charge in [-0.2, -0.15) is 4.31 Å². The summed E-state index contributed by atoms with van der Waals surface area (Å²) in [6, 6.07) is 12.0. The van der Waals surface area contributed by atoms with Crippen LogP contribution >= 0.6 is 11.8 Å². The zero-order valence-corrected chi connectivity index (χ0v) is 20.9. The minimum absolute atomic E-state index is 0.177. The fourth-order valence-corrected chi connectivity index (χ4v) is 7.15. The van der Waals surface area contributed by atoms with Crippen molar-refractivity contribution in [1.29, 1.82) is 0 Å². The number of imidazole rings is 1. The third kappa shape index (κ3) is 4.71. The first-order valence-corrected chi connectivity index (χ1v) is 14.2. The normalized spacial score (nSPS) is 19.6. The van der Waals surface area contributed by atoms with E-state index in [4.69, 9.17) is 9.72 Å². The predicted molar refractivity (Wildman–Crippen MR) is 132 cm³/mol. The van der Waals surface area contributed by atoms with Crippen molar-refractivity contribution in [3.63, 3.8) is 0 Å². The van der Waals surface area contributed by atoms with Gasteiger partial charge in [-0.1, -0.05) is 30.0 Å². The van der Waals surface area contributed by atoms with Crippen molar-refractivity contribution in [3.05, 3.63) is 53.1 Å². The van der Waals surface area contributed by atoms with E-state index >= 15 is 0 Å². The third-order valence-electron chi connectivity index (χ3n) is 6.74. The second-order valence-electron chi connectivity index (χ2n) is 9.11. The Kier molecular flexibility index (Phi) is 6.53. The predicted octanol–water partition coefficient (Wildman–Crippen LogP) is 4.91. The van der Waals surface area contributed by atoms with E-state index < -0.39 is 10.0 Å². The van der Waals surface area contributed by atoms with Gasteiger partial charge in [0.2, 0.25) is 10.0 Å². The third-order valence-corrected chi connectivity index (χ3v) is 9.68. The Morgan fingerprint density at radius 1 is 1.06 bits per heavy atom. The highest BCUT2D eigenvalue weighted by atomic mass is 32.2.